The lowest BCUT2D eigenvalue weighted by atomic mass is 10.1. The maximum atomic E-state index is 5.83. The molecule has 92 valence electrons. The monoisotopic (exact) mass is 263 g/mol. The average Bonchev–Trinajstić information content (AvgIpc) is 2.81. The Balaban J connectivity index is 2.12. The van der Waals surface area contributed by atoms with Crippen LogP contribution in [0, 0.1) is 0 Å². The molecule has 1 aliphatic heterocycles. The number of aromatic nitrogens is 4. The number of anilines is 1. The van der Waals surface area contributed by atoms with Crippen molar-refractivity contribution in [2.24, 2.45) is 0 Å². The van der Waals surface area contributed by atoms with E-state index in [1.165, 1.54) is 0 Å². The summed E-state index contributed by atoms with van der Waals surface area (Å²) in [6.45, 7) is 2.91. The van der Waals surface area contributed by atoms with Gasteiger partial charge in [0.2, 0.25) is 5.65 Å². The Bertz CT molecular complexity index is 569. The van der Waals surface area contributed by atoms with E-state index >= 15 is 0 Å². The molecule has 0 aromatic carbocycles. The van der Waals surface area contributed by atoms with Crippen molar-refractivity contribution >= 4 is 36.5 Å². The van der Waals surface area contributed by atoms with Gasteiger partial charge in [0.05, 0.1) is 19.1 Å². The fraction of sp³-hybridized carbons (Fsp3) is 0.500. The first-order chi connectivity index (χ1) is 8.79. The Morgan fingerprint density at radius 3 is 2.83 bits per heavy atom. The normalized spacial score (nSPS) is 16.4. The van der Waals surface area contributed by atoms with Crippen molar-refractivity contribution in [3.63, 3.8) is 0 Å². The number of hydrogen-bond donors (Lipinski definition) is 0. The van der Waals surface area contributed by atoms with E-state index in [1.54, 1.807) is 10.6 Å². The first-order valence-electron chi connectivity index (χ1n) is 5.68. The molecule has 3 heterocycles. The van der Waals surface area contributed by atoms with Gasteiger partial charge in [-0.15, -0.1) is 21.8 Å². The lowest BCUT2D eigenvalue weighted by molar-refractivity contribution is 0.122. The molecule has 0 spiro atoms. The second-order valence-electron chi connectivity index (χ2n) is 4.03. The maximum Gasteiger partial charge on any atom is 0.203 e. The van der Waals surface area contributed by atoms with Crippen molar-refractivity contribution in [3.8, 4) is 0 Å². The quantitative estimate of drug-likeness (QED) is 0.540. The molecule has 0 aliphatic carbocycles. The Morgan fingerprint density at radius 1 is 1.33 bits per heavy atom. The van der Waals surface area contributed by atoms with Crippen LogP contribution in [0.4, 0.5) is 5.82 Å². The van der Waals surface area contributed by atoms with E-state index in [1.807, 2.05) is 0 Å². The van der Waals surface area contributed by atoms with E-state index in [4.69, 9.17) is 24.2 Å². The number of hydrogen-bond acceptors (Lipinski definition) is 5. The Hall–Kier alpha value is -1.34. The van der Waals surface area contributed by atoms with E-state index in [2.05, 4.69) is 20.1 Å². The number of halogens is 1. The Labute approximate surface area is 110 Å². The van der Waals surface area contributed by atoms with E-state index in [0.29, 0.717) is 30.3 Å². The van der Waals surface area contributed by atoms with Gasteiger partial charge in [0.1, 0.15) is 7.85 Å². The van der Waals surface area contributed by atoms with Crippen LogP contribution in [-0.4, -0.2) is 53.7 Å². The molecule has 0 unspecified atom stereocenters. The number of fused-ring (bicyclic) bond motifs is 1. The molecule has 6 nitrogen and oxygen atoms in total. The van der Waals surface area contributed by atoms with Crippen LogP contribution < -0.4 is 10.5 Å². The van der Waals surface area contributed by atoms with E-state index in [-0.39, 0.29) is 5.88 Å². The molecule has 2 aromatic heterocycles. The van der Waals surface area contributed by atoms with Gasteiger partial charge in [0.25, 0.3) is 0 Å². The van der Waals surface area contributed by atoms with E-state index in [0.717, 1.165) is 18.9 Å². The predicted molar refractivity (Wildman–Crippen MR) is 68.8 cm³/mol. The molecule has 2 radical (unpaired) electrons. The summed E-state index contributed by atoms with van der Waals surface area (Å²) >= 11 is 5.82. The van der Waals surface area contributed by atoms with Gasteiger partial charge >= 0.3 is 0 Å². The second-order valence-corrected chi connectivity index (χ2v) is 4.30. The van der Waals surface area contributed by atoms with Crippen molar-refractivity contribution in [1.29, 1.82) is 0 Å². The minimum Gasteiger partial charge on any atom is -0.378 e. The van der Waals surface area contributed by atoms with Crippen LogP contribution in [0.5, 0.6) is 0 Å². The van der Waals surface area contributed by atoms with Crippen molar-refractivity contribution in [1.82, 2.24) is 19.6 Å². The van der Waals surface area contributed by atoms with Crippen molar-refractivity contribution in [2.75, 3.05) is 31.2 Å². The molecule has 0 amide bonds. The number of nitrogens with zero attached hydrogens (tertiary/aromatic N) is 5. The third kappa shape index (κ3) is 1.93. The highest BCUT2D eigenvalue weighted by atomic mass is 35.5. The molecule has 2 aromatic rings. The van der Waals surface area contributed by atoms with Gasteiger partial charge in [-0.05, 0) is 0 Å². The van der Waals surface area contributed by atoms with Gasteiger partial charge < -0.3 is 9.64 Å². The number of alkyl halides is 1. The highest BCUT2D eigenvalue weighted by Crippen LogP contribution is 2.18. The zero-order valence-electron chi connectivity index (χ0n) is 9.71. The molecule has 1 aliphatic rings. The lowest BCUT2D eigenvalue weighted by Gasteiger charge is -2.28. The zero-order chi connectivity index (χ0) is 12.5. The minimum absolute atomic E-state index is 0.285. The molecule has 0 saturated carbocycles. The smallest absolute Gasteiger partial charge is 0.203 e. The molecule has 0 atom stereocenters. The van der Waals surface area contributed by atoms with Gasteiger partial charge in [0, 0.05) is 24.9 Å². The number of ether oxygens (including phenoxy) is 1. The van der Waals surface area contributed by atoms with Crippen LogP contribution in [0.2, 0.25) is 0 Å². The van der Waals surface area contributed by atoms with Gasteiger partial charge in [-0.3, -0.25) is 4.40 Å². The highest BCUT2D eigenvalue weighted by molar-refractivity contribution is 6.30. The molecule has 3 rings (SSSR count). The molecule has 0 bridgehead atoms. The van der Waals surface area contributed by atoms with Crippen molar-refractivity contribution in [2.45, 2.75) is 5.88 Å². The van der Waals surface area contributed by atoms with Gasteiger partial charge in [-0.1, -0.05) is 0 Å². The zero-order valence-corrected chi connectivity index (χ0v) is 10.5. The van der Waals surface area contributed by atoms with Crippen LogP contribution >= 0.6 is 11.6 Å². The van der Waals surface area contributed by atoms with E-state index in [9.17, 15) is 0 Å². The minimum atomic E-state index is 0.285. The molecular formula is C10H11BClN5O. The van der Waals surface area contributed by atoms with Crippen molar-refractivity contribution in [3.05, 3.63) is 12.0 Å². The predicted octanol–water partition coefficient (Wildman–Crippen LogP) is -0.507. The summed E-state index contributed by atoms with van der Waals surface area (Å²) in [6.07, 6.45) is 1.69. The molecule has 0 N–H and O–H groups in total. The molecule has 8 heteroatoms. The average molecular weight is 263 g/mol. The van der Waals surface area contributed by atoms with Crippen LogP contribution in [0.3, 0.4) is 0 Å². The van der Waals surface area contributed by atoms with Crippen LogP contribution in [0.15, 0.2) is 6.20 Å². The first-order valence-corrected chi connectivity index (χ1v) is 6.22. The standard InChI is InChI=1S/C10H11BClN5O/c11-7-6-17-8(5-12)14-15-10(17)9(13-7)16-1-3-18-4-2-16/h6H,1-5H2. The summed E-state index contributed by atoms with van der Waals surface area (Å²) < 4.78 is 7.12. The summed E-state index contributed by atoms with van der Waals surface area (Å²) in [5.74, 6) is 1.69. The summed E-state index contributed by atoms with van der Waals surface area (Å²) in [4.78, 5) is 6.45. The summed E-state index contributed by atoms with van der Waals surface area (Å²) in [5.41, 5.74) is 1.11. The highest BCUT2D eigenvalue weighted by Gasteiger charge is 2.18. The largest absolute Gasteiger partial charge is 0.378 e. The fourth-order valence-corrected chi connectivity index (χ4v) is 2.21. The second kappa shape index (κ2) is 4.74. The number of rotatable bonds is 2. The van der Waals surface area contributed by atoms with Crippen LogP contribution in [-0.2, 0) is 10.6 Å². The SMILES string of the molecule is [B]c1cn2c(CCl)nnc2c(N2CCOCC2)n1. The van der Waals surface area contributed by atoms with Crippen LogP contribution in [0.25, 0.3) is 5.65 Å². The van der Waals surface area contributed by atoms with E-state index < -0.39 is 0 Å². The summed E-state index contributed by atoms with van der Waals surface area (Å²) in [5, 5.41) is 8.17. The molecule has 18 heavy (non-hydrogen) atoms. The third-order valence-electron chi connectivity index (χ3n) is 2.89. The fourth-order valence-electron chi connectivity index (χ4n) is 2.02. The lowest BCUT2D eigenvalue weighted by Crippen LogP contribution is -2.38. The first kappa shape index (κ1) is 11.7. The van der Waals surface area contributed by atoms with Gasteiger partial charge in [0.15, 0.2) is 11.6 Å². The Kier molecular flexibility index (Phi) is 3.09. The van der Waals surface area contributed by atoms with Crippen molar-refractivity contribution < 1.29 is 4.74 Å². The van der Waals surface area contributed by atoms with Gasteiger partial charge in [-0.2, -0.15) is 0 Å². The summed E-state index contributed by atoms with van der Waals surface area (Å²) in [7, 11) is 5.83. The van der Waals surface area contributed by atoms with Crippen LogP contribution in [0.1, 0.15) is 5.82 Å². The molecule has 1 saturated heterocycles. The van der Waals surface area contributed by atoms with Gasteiger partial charge in [-0.25, -0.2) is 4.98 Å². The maximum absolute atomic E-state index is 5.83. The third-order valence-corrected chi connectivity index (χ3v) is 3.13. The molecular weight excluding hydrogens is 252 g/mol. The topological polar surface area (TPSA) is 55.5 Å². The summed E-state index contributed by atoms with van der Waals surface area (Å²) in [6, 6.07) is 0. The number of morpholine rings is 1. The molecule has 1 fully saturated rings. The Morgan fingerprint density at radius 2 is 2.11 bits per heavy atom.